The van der Waals surface area contributed by atoms with Crippen LogP contribution in [0.15, 0.2) is 53.6 Å². The number of aryl methyl sites for hydroxylation is 2. The summed E-state index contributed by atoms with van der Waals surface area (Å²) < 4.78 is 5.39. The number of ether oxygens (including phenoxy) is 1. The molecule has 0 unspecified atom stereocenters. The Balaban J connectivity index is 1.43. The first kappa shape index (κ1) is 19.1. The number of nitrogens with one attached hydrogen (secondary N) is 1. The van der Waals surface area contributed by atoms with Crippen molar-refractivity contribution in [3.63, 3.8) is 0 Å². The summed E-state index contributed by atoms with van der Waals surface area (Å²) in [6.45, 7) is 7.19. The molecule has 1 N–H and O–H groups in total. The third kappa shape index (κ3) is 4.43. The molecule has 1 amide bonds. The van der Waals surface area contributed by atoms with E-state index >= 15 is 0 Å². The van der Waals surface area contributed by atoms with Crippen LogP contribution in [0.25, 0.3) is 10.9 Å². The number of nitrogens with zero attached hydrogens (tertiary/aromatic N) is 3. The Kier molecular flexibility index (Phi) is 5.53. The molecule has 3 aromatic rings. The van der Waals surface area contributed by atoms with Gasteiger partial charge in [-0.1, -0.05) is 23.8 Å². The van der Waals surface area contributed by atoms with Gasteiger partial charge in [0.25, 0.3) is 5.91 Å². The first-order chi connectivity index (χ1) is 14.1. The lowest BCUT2D eigenvalue weighted by Gasteiger charge is -2.28. The van der Waals surface area contributed by atoms with Gasteiger partial charge in [0.2, 0.25) is 0 Å². The van der Waals surface area contributed by atoms with Gasteiger partial charge in [0.1, 0.15) is 0 Å². The van der Waals surface area contributed by atoms with Gasteiger partial charge in [-0.2, -0.15) is 5.10 Å². The maximum Gasteiger partial charge on any atom is 0.273 e. The van der Waals surface area contributed by atoms with Gasteiger partial charge in [0.05, 0.1) is 36.2 Å². The van der Waals surface area contributed by atoms with E-state index in [1.54, 1.807) is 6.21 Å². The largest absolute Gasteiger partial charge is 0.378 e. The summed E-state index contributed by atoms with van der Waals surface area (Å²) in [5.74, 6) is -0.264. The van der Waals surface area contributed by atoms with E-state index in [0.717, 1.165) is 48.3 Å². The van der Waals surface area contributed by atoms with E-state index < -0.39 is 0 Å². The molecule has 6 nitrogen and oxygen atoms in total. The lowest BCUT2D eigenvalue weighted by molar-refractivity contribution is 0.0954. The molecular formula is C23H24N4O2. The number of hydrogen-bond acceptors (Lipinski definition) is 5. The van der Waals surface area contributed by atoms with Crippen LogP contribution >= 0.6 is 0 Å². The van der Waals surface area contributed by atoms with E-state index in [2.05, 4.69) is 32.5 Å². The maximum atomic E-state index is 12.6. The number of carbonyl (C=O) groups excluding carboxylic acids is 1. The first-order valence-electron chi connectivity index (χ1n) is 9.74. The predicted molar refractivity (Wildman–Crippen MR) is 116 cm³/mol. The van der Waals surface area contributed by atoms with E-state index in [0.29, 0.717) is 11.3 Å². The normalized spacial score (nSPS) is 14.5. The fourth-order valence-corrected chi connectivity index (χ4v) is 3.44. The summed E-state index contributed by atoms with van der Waals surface area (Å²) in [6.07, 6.45) is 1.65. The summed E-state index contributed by atoms with van der Waals surface area (Å²) in [7, 11) is 0. The van der Waals surface area contributed by atoms with Crippen molar-refractivity contribution in [3.05, 3.63) is 70.9 Å². The second-order valence-electron chi connectivity index (χ2n) is 7.21. The molecule has 1 saturated heterocycles. The van der Waals surface area contributed by atoms with E-state index in [4.69, 9.17) is 4.74 Å². The molecule has 148 valence electrons. The highest BCUT2D eigenvalue weighted by molar-refractivity contribution is 5.99. The minimum absolute atomic E-state index is 0.264. The van der Waals surface area contributed by atoms with Crippen molar-refractivity contribution in [2.45, 2.75) is 13.8 Å². The number of amides is 1. The van der Waals surface area contributed by atoms with Gasteiger partial charge in [0.15, 0.2) is 0 Å². The first-order valence-corrected chi connectivity index (χ1v) is 9.74. The van der Waals surface area contributed by atoms with Crippen LogP contribution in [0, 0.1) is 13.8 Å². The average molecular weight is 388 g/mol. The summed E-state index contributed by atoms with van der Waals surface area (Å²) >= 11 is 0. The van der Waals surface area contributed by atoms with Crippen molar-refractivity contribution in [3.8, 4) is 0 Å². The van der Waals surface area contributed by atoms with Crippen molar-refractivity contribution >= 4 is 28.7 Å². The highest BCUT2D eigenvalue weighted by Gasteiger charge is 2.12. The smallest absolute Gasteiger partial charge is 0.273 e. The van der Waals surface area contributed by atoms with E-state index in [1.165, 1.54) is 5.69 Å². The Labute approximate surface area is 170 Å². The minimum atomic E-state index is -0.264. The summed E-state index contributed by atoms with van der Waals surface area (Å²) in [5.41, 5.74) is 7.93. The molecule has 6 heteroatoms. The average Bonchev–Trinajstić information content (AvgIpc) is 2.74. The molecule has 1 aliphatic rings. The number of morpholine rings is 1. The number of aromatic nitrogens is 1. The molecule has 0 spiro atoms. The Bertz CT molecular complexity index is 1050. The zero-order chi connectivity index (χ0) is 20.2. The van der Waals surface area contributed by atoms with Gasteiger partial charge in [-0.05, 0) is 49.7 Å². The van der Waals surface area contributed by atoms with Gasteiger partial charge in [-0.3, -0.25) is 9.78 Å². The predicted octanol–water partition coefficient (Wildman–Crippen LogP) is 3.45. The highest BCUT2D eigenvalue weighted by Crippen LogP contribution is 2.18. The number of hydrogen-bond donors (Lipinski definition) is 1. The number of rotatable bonds is 4. The SMILES string of the molecule is Cc1ccc2nc(C)c(C(=O)NN=Cc3ccc(N4CCOCC4)cc3)cc2c1. The lowest BCUT2D eigenvalue weighted by Crippen LogP contribution is -2.36. The molecule has 1 fully saturated rings. The van der Waals surface area contributed by atoms with Crippen LogP contribution in [0.3, 0.4) is 0 Å². The summed E-state index contributed by atoms with van der Waals surface area (Å²) in [6, 6.07) is 16.0. The number of carbonyl (C=O) groups is 1. The van der Waals surface area contributed by atoms with Crippen LogP contribution in [-0.4, -0.2) is 43.4 Å². The molecule has 2 heterocycles. The molecule has 2 aromatic carbocycles. The quantitative estimate of drug-likeness (QED) is 0.549. The topological polar surface area (TPSA) is 66.8 Å². The van der Waals surface area contributed by atoms with E-state index in [1.807, 2.05) is 50.2 Å². The molecule has 4 rings (SSSR count). The van der Waals surface area contributed by atoms with Gasteiger partial charge in [-0.15, -0.1) is 0 Å². The third-order valence-electron chi connectivity index (χ3n) is 5.05. The number of anilines is 1. The number of benzene rings is 2. The lowest BCUT2D eigenvalue weighted by atomic mass is 10.1. The second-order valence-corrected chi connectivity index (χ2v) is 7.21. The van der Waals surface area contributed by atoms with E-state index in [9.17, 15) is 4.79 Å². The molecule has 29 heavy (non-hydrogen) atoms. The van der Waals surface area contributed by atoms with Crippen LogP contribution < -0.4 is 10.3 Å². The fraction of sp³-hybridized carbons (Fsp3) is 0.261. The van der Waals surface area contributed by atoms with Crippen LogP contribution in [0.2, 0.25) is 0 Å². The molecule has 1 aromatic heterocycles. The zero-order valence-electron chi connectivity index (χ0n) is 16.7. The molecule has 0 bridgehead atoms. The monoisotopic (exact) mass is 388 g/mol. The van der Waals surface area contributed by atoms with Crippen LogP contribution in [0.1, 0.15) is 27.2 Å². The molecule has 0 saturated carbocycles. The Hall–Kier alpha value is -3.25. The van der Waals surface area contributed by atoms with Crippen molar-refractivity contribution in [1.82, 2.24) is 10.4 Å². The molecule has 0 aliphatic carbocycles. The number of pyridine rings is 1. The molecule has 1 aliphatic heterocycles. The number of fused-ring (bicyclic) bond motifs is 1. The van der Waals surface area contributed by atoms with Crippen molar-refractivity contribution in [2.75, 3.05) is 31.2 Å². The standard InChI is InChI=1S/C23H24N4O2/c1-16-3-8-22-19(13-16)14-21(17(2)25-22)23(28)26-24-15-18-4-6-20(7-5-18)27-9-11-29-12-10-27/h3-8,13-15H,9-12H2,1-2H3,(H,26,28). The number of hydrazone groups is 1. The maximum absolute atomic E-state index is 12.6. The molecule has 0 atom stereocenters. The van der Waals surface area contributed by atoms with Crippen LogP contribution in [0.5, 0.6) is 0 Å². The Morgan fingerprint density at radius 1 is 1.10 bits per heavy atom. The summed E-state index contributed by atoms with van der Waals surface area (Å²) in [5, 5.41) is 5.06. The van der Waals surface area contributed by atoms with Crippen molar-refractivity contribution in [1.29, 1.82) is 0 Å². The summed E-state index contributed by atoms with van der Waals surface area (Å²) in [4.78, 5) is 19.4. The van der Waals surface area contributed by atoms with Crippen LogP contribution in [0.4, 0.5) is 5.69 Å². The second kappa shape index (κ2) is 8.41. The molecular weight excluding hydrogens is 364 g/mol. The Morgan fingerprint density at radius 2 is 1.86 bits per heavy atom. The fourth-order valence-electron chi connectivity index (χ4n) is 3.44. The van der Waals surface area contributed by atoms with Gasteiger partial charge < -0.3 is 9.64 Å². The van der Waals surface area contributed by atoms with Gasteiger partial charge >= 0.3 is 0 Å². The van der Waals surface area contributed by atoms with Crippen molar-refractivity contribution < 1.29 is 9.53 Å². The molecule has 0 radical (unpaired) electrons. The Morgan fingerprint density at radius 3 is 2.62 bits per heavy atom. The zero-order valence-corrected chi connectivity index (χ0v) is 16.7. The minimum Gasteiger partial charge on any atom is -0.378 e. The van der Waals surface area contributed by atoms with Crippen LogP contribution in [-0.2, 0) is 4.74 Å². The van der Waals surface area contributed by atoms with Gasteiger partial charge in [-0.25, -0.2) is 5.43 Å². The third-order valence-corrected chi connectivity index (χ3v) is 5.05. The van der Waals surface area contributed by atoms with E-state index in [-0.39, 0.29) is 5.91 Å². The van der Waals surface area contributed by atoms with Crippen molar-refractivity contribution in [2.24, 2.45) is 5.10 Å². The van der Waals surface area contributed by atoms with Gasteiger partial charge in [0, 0.05) is 24.2 Å². The highest BCUT2D eigenvalue weighted by atomic mass is 16.5.